The van der Waals surface area contributed by atoms with Crippen LogP contribution in [0.4, 0.5) is 0 Å². The molecule has 2 nitrogen and oxygen atoms in total. The van der Waals surface area contributed by atoms with Crippen LogP contribution in [0.15, 0.2) is 10.5 Å². The number of halogens is 2. The molecule has 0 radical (unpaired) electrons. The van der Waals surface area contributed by atoms with Crippen LogP contribution in [0.25, 0.3) is 0 Å². The second kappa shape index (κ2) is 3.74. The number of fused-ring (bicyclic) bond motifs is 1. The van der Waals surface area contributed by atoms with E-state index in [2.05, 4.69) is 15.9 Å². The molecule has 0 atom stereocenters. The maximum atomic E-state index is 12.0. The zero-order valence-electron chi connectivity index (χ0n) is 9.36. The lowest BCUT2D eigenvalue weighted by atomic mass is 9.92. The predicted octanol–water partition coefficient (Wildman–Crippen LogP) is 4.15. The summed E-state index contributed by atoms with van der Waals surface area (Å²) in [5, 5.41) is 0.519. The Morgan fingerprint density at radius 2 is 2.12 bits per heavy atom. The van der Waals surface area contributed by atoms with Gasteiger partial charge in [0.25, 0.3) is 0 Å². The van der Waals surface area contributed by atoms with E-state index < -0.39 is 5.60 Å². The molecule has 0 bridgehead atoms. The zero-order valence-corrected chi connectivity index (χ0v) is 11.7. The number of carbonyl (C=O) groups is 1. The molecule has 0 amide bonds. The molecule has 16 heavy (non-hydrogen) atoms. The third-order valence-corrected chi connectivity index (χ3v) is 3.95. The van der Waals surface area contributed by atoms with Gasteiger partial charge in [-0.15, -0.1) is 0 Å². The summed E-state index contributed by atoms with van der Waals surface area (Å²) in [5.74, 6) is 0.595. The molecular weight excluding hydrogens is 291 g/mol. The molecule has 0 fully saturated rings. The average Bonchev–Trinajstić information content (AvgIpc) is 2.16. The van der Waals surface area contributed by atoms with Gasteiger partial charge in [0, 0.05) is 4.47 Å². The smallest absolute Gasteiger partial charge is 0.170 e. The molecule has 0 spiro atoms. The molecule has 0 aliphatic carbocycles. The van der Waals surface area contributed by atoms with Gasteiger partial charge in [0.2, 0.25) is 0 Å². The van der Waals surface area contributed by atoms with Crippen LogP contribution in [0.1, 0.15) is 36.2 Å². The highest BCUT2D eigenvalue weighted by molar-refractivity contribution is 9.10. The van der Waals surface area contributed by atoms with Crippen molar-refractivity contribution in [1.82, 2.24) is 0 Å². The van der Waals surface area contributed by atoms with Gasteiger partial charge in [-0.25, -0.2) is 0 Å². The Bertz CT molecular complexity index is 480. The van der Waals surface area contributed by atoms with Crippen molar-refractivity contribution in [2.24, 2.45) is 0 Å². The summed E-state index contributed by atoms with van der Waals surface area (Å²) in [6.45, 7) is 5.67. The highest BCUT2D eigenvalue weighted by Crippen LogP contribution is 2.42. The van der Waals surface area contributed by atoms with Gasteiger partial charge >= 0.3 is 0 Å². The molecule has 1 aromatic carbocycles. The Morgan fingerprint density at radius 3 is 2.75 bits per heavy atom. The highest BCUT2D eigenvalue weighted by atomic mass is 79.9. The van der Waals surface area contributed by atoms with Crippen LogP contribution in [-0.2, 0) is 0 Å². The summed E-state index contributed by atoms with van der Waals surface area (Å²) in [6.07, 6.45) is 0.381. The van der Waals surface area contributed by atoms with Gasteiger partial charge in [0.1, 0.15) is 11.4 Å². The second-order valence-corrected chi connectivity index (χ2v) is 5.87. The highest BCUT2D eigenvalue weighted by Gasteiger charge is 2.34. The maximum absolute atomic E-state index is 12.0. The first-order valence-electron chi connectivity index (χ1n) is 5.02. The number of ketones is 1. The van der Waals surface area contributed by atoms with E-state index in [1.54, 1.807) is 6.07 Å². The number of benzene rings is 1. The number of hydrogen-bond acceptors (Lipinski definition) is 2. The second-order valence-electron chi connectivity index (χ2n) is 4.64. The number of carbonyl (C=O) groups excluding carboxylic acids is 1. The van der Waals surface area contributed by atoms with E-state index in [1.165, 1.54) is 0 Å². The summed E-state index contributed by atoms with van der Waals surface area (Å²) in [7, 11) is 0. The number of hydrogen-bond donors (Lipinski definition) is 0. The maximum Gasteiger partial charge on any atom is 0.170 e. The van der Waals surface area contributed by atoms with E-state index in [9.17, 15) is 4.79 Å². The largest absolute Gasteiger partial charge is 0.485 e. The van der Waals surface area contributed by atoms with Crippen LogP contribution < -0.4 is 4.74 Å². The van der Waals surface area contributed by atoms with E-state index in [0.29, 0.717) is 22.8 Å². The summed E-state index contributed by atoms with van der Waals surface area (Å²) in [6, 6.07) is 1.79. The van der Waals surface area contributed by atoms with Crippen molar-refractivity contribution in [1.29, 1.82) is 0 Å². The average molecular weight is 304 g/mol. The topological polar surface area (TPSA) is 26.3 Å². The van der Waals surface area contributed by atoms with Gasteiger partial charge in [-0.05, 0) is 32.4 Å². The normalized spacial score (nSPS) is 17.9. The minimum atomic E-state index is -0.478. The fraction of sp³-hybridized carbons (Fsp3) is 0.417. The summed E-state index contributed by atoms with van der Waals surface area (Å²) in [5.41, 5.74) is 0.987. The molecule has 1 aliphatic rings. The Morgan fingerprint density at radius 1 is 1.50 bits per heavy atom. The SMILES string of the molecule is Cc1c(Br)cc2c(c1Cl)OC(C)(C)CC2=O. The van der Waals surface area contributed by atoms with Gasteiger partial charge in [-0.1, -0.05) is 27.5 Å². The van der Waals surface area contributed by atoms with Crippen molar-refractivity contribution in [2.45, 2.75) is 32.8 Å². The molecule has 1 heterocycles. The summed E-state index contributed by atoms with van der Waals surface area (Å²) >= 11 is 9.59. The van der Waals surface area contributed by atoms with Crippen LogP contribution in [0.3, 0.4) is 0 Å². The van der Waals surface area contributed by atoms with E-state index in [4.69, 9.17) is 16.3 Å². The van der Waals surface area contributed by atoms with Gasteiger partial charge in [0.05, 0.1) is 17.0 Å². The van der Waals surface area contributed by atoms with Crippen LogP contribution in [0, 0.1) is 6.92 Å². The molecule has 0 saturated carbocycles. The third kappa shape index (κ3) is 1.87. The molecule has 0 aromatic heterocycles. The standard InChI is InChI=1S/C12H12BrClO2/c1-6-8(13)4-7-9(15)5-12(2,3)16-11(7)10(6)14/h4H,5H2,1-3H3. The van der Waals surface area contributed by atoms with Crippen LogP contribution >= 0.6 is 27.5 Å². The van der Waals surface area contributed by atoms with Crippen molar-refractivity contribution in [2.75, 3.05) is 0 Å². The van der Waals surface area contributed by atoms with Gasteiger partial charge in [-0.3, -0.25) is 4.79 Å². The molecule has 1 aliphatic heterocycles. The zero-order chi connectivity index (χ0) is 12.1. The molecule has 0 unspecified atom stereocenters. The third-order valence-electron chi connectivity index (χ3n) is 2.67. The number of ether oxygens (including phenoxy) is 1. The lowest BCUT2D eigenvalue weighted by Crippen LogP contribution is -2.36. The quantitative estimate of drug-likeness (QED) is 0.719. The van der Waals surface area contributed by atoms with Crippen LogP contribution in [0.2, 0.25) is 5.02 Å². The lowest BCUT2D eigenvalue weighted by molar-refractivity contribution is 0.0620. The van der Waals surface area contributed by atoms with Gasteiger partial charge in [0.15, 0.2) is 5.78 Å². The first-order chi connectivity index (χ1) is 7.32. The fourth-order valence-electron chi connectivity index (χ4n) is 1.80. The molecule has 2 rings (SSSR count). The van der Waals surface area contributed by atoms with Gasteiger partial charge in [-0.2, -0.15) is 0 Å². The first-order valence-corrected chi connectivity index (χ1v) is 6.20. The predicted molar refractivity (Wildman–Crippen MR) is 67.5 cm³/mol. The minimum Gasteiger partial charge on any atom is -0.485 e. The summed E-state index contributed by atoms with van der Waals surface area (Å²) in [4.78, 5) is 12.0. The minimum absolute atomic E-state index is 0.0776. The summed E-state index contributed by atoms with van der Waals surface area (Å²) < 4.78 is 6.62. The van der Waals surface area contributed by atoms with Crippen molar-refractivity contribution < 1.29 is 9.53 Å². The molecule has 4 heteroatoms. The monoisotopic (exact) mass is 302 g/mol. The Hall–Kier alpha value is -0.540. The van der Waals surface area contributed by atoms with Crippen molar-refractivity contribution in [3.05, 3.63) is 26.7 Å². The Balaban J connectivity index is 2.67. The molecule has 0 N–H and O–H groups in total. The molecular formula is C12H12BrClO2. The van der Waals surface area contributed by atoms with Crippen LogP contribution in [0.5, 0.6) is 5.75 Å². The number of Topliss-reactive ketones (excluding diaryl/α,β-unsaturated/α-hetero) is 1. The van der Waals surface area contributed by atoms with Crippen molar-refractivity contribution >= 4 is 33.3 Å². The van der Waals surface area contributed by atoms with Gasteiger partial charge < -0.3 is 4.74 Å². The fourth-order valence-corrected chi connectivity index (χ4v) is 2.58. The molecule has 86 valence electrons. The molecule has 1 aromatic rings. The van der Waals surface area contributed by atoms with Crippen molar-refractivity contribution in [3.63, 3.8) is 0 Å². The van der Waals surface area contributed by atoms with E-state index in [0.717, 1.165) is 10.0 Å². The Kier molecular flexibility index (Phi) is 2.79. The van der Waals surface area contributed by atoms with Crippen LogP contribution in [-0.4, -0.2) is 11.4 Å². The molecule has 0 saturated heterocycles. The van der Waals surface area contributed by atoms with E-state index in [-0.39, 0.29) is 5.78 Å². The Labute approximate surface area is 108 Å². The van der Waals surface area contributed by atoms with Crippen molar-refractivity contribution in [3.8, 4) is 5.75 Å². The number of rotatable bonds is 0. The lowest BCUT2D eigenvalue weighted by Gasteiger charge is -2.32. The van der Waals surface area contributed by atoms with E-state index >= 15 is 0 Å². The van der Waals surface area contributed by atoms with E-state index in [1.807, 2.05) is 20.8 Å². The first kappa shape index (κ1) is 11.9.